The van der Waals surface area contributed by atoms with Crippen LogP contribution in [-0.4, -0.2) is 30.5 Å². The Labute approximate surface area is 161 Å². The zero-order chi connectivity index (χ0) is 19.4. The van der Waals surface area contributed by atoms with E-state index in [1.807, 2.05) is 18.2 Å². The molecule has 3 rings (SSSR count). The maximum absolute atomic E-state index is 14.3. The molecule has 1 heterocycles. The Morgan fingerprint density at radius 3 is 2.85 bits per heavy atom. The van der Waals surface area contributed by atoms with E-state index in [-0.39, 0.29) is 35.9 Å². The molecule has 0 bridgehead atoms. The lowest BCUT2D eigenvalue weighted by molar-refractivity contribution is 0.0734. The first-order chi connectivity index (χ1) is 13.0. The Kier molecular flexibility index (Phi) is 6.08. The molecule has 1 amide bonds. The van der Waals surface area contributed by atoms with Crippen molar-refractivity contribution in [1.82, 2.24) is 4.90 Å². The van der Waals surface area contributed by atoms with Crippen LogP contribution < -0.4 is 10.5 Å². The number of nitrogens with zero attached hydrogens (tertiary/aromatic N) is 1. The Bertz CT molecular complexity index is 886. The van der Waals surface area contributed by atoms with Crippen LogP contribution in [0, 0.1) is 5.82 Å². The zero-order valence-corrected chi connectivity index (χ0v) is 15.3. The number of fused-ring (bicyclic) bond motifs is 1. The molecule has 0 saturated heterocycles. The number of nitrogens with two attached hydrogens (primary N) is 1. The Hall–Kier alpha value is -2.44. The van der Waals surface area contributed by atoms with E-state index in [1.54, 1.807) is 4.90 Å². The fraction of sp³-hybridized carbons (Fsp3) is 0.250. The Morgan fingerprint density at radius 1 is 1.33 bits per heavy atom. The predicted molar refractivity (Wildman–Crippen MR) is 100 cm³/mol. The molecule has 0 saturated carbocycles. The predicted octanol–water partition coefficient (Wildman–Crippen LogP) is 3.87. The van der Waals surface area contributed by atoms with Gasteiger partial charge in [0, 0.05) is 35.8 Å². The topological polar surface area (TPSA) is 55.6 Å². The summed E-state index contributed by atoms with van der Waals surface area (Å²) in [6, 6.07) is 9.61. The molecule has 2 aromatic rings. The minimum absolute atomic E-state index is 0.0187. The maximum atomic E-state index is 14.3. The van der Waals surface area contributed by atoms with E-state index in [1.165, 1.54) is 12.1 Å². The van der Waals surface area contributed by atoms with Crippen molar-refractivity contribution >= 4 is 17.5 Å². The molecule has 4 nitrogen and oxygen atoms in total. The third kappa shape index (κ3) is 4.28. The summed E-state index contributed by atoms with van der Waals surface area (Å²) in [6.45, 7) is 0.766. The number of benzene rings is 2. The maximum Gasteiger partial charge on any atom is 0.254 e. The summed E-state index contributed by atoms with van der Waals surface area (Å²) in [6.07, 6.45) is 0.998. The van der Waals surface area contributed by atoms with Gasteiger partial charge in [0.05, 0.1) is 6.33 Å². The Balaban J connectivity index is 1.71. The van der Waals surface area contributed by atoms with Crippen molar-refractivity contribution in [3.05, 3.63) is 75.8 Å². The first kappa shape index (κ1) is 19.3. The summed E-state index contributed by atoms with van der Waals surface area (Å²) in [4.78, 5) is 14.4. The molecule has 0 fully saturated rings. The van der Waals surface area contributed by atoms with Gasteiger partial charge in [-0.05, 0) is 41.8 Å². The lowest BCUT2D eigenvalue weighted by atomic mass is 9.99. The second-order valence-electron chi connectivity index (χ2n) is 6.26. The summed E-state index contributed by atoms with van der Waals surface area (Å²) in [5, 5.41) is 0.700. The molecule has 0 unspecified atom stereocenters. The van der Waals surface area contributed by atoms with Gasteiger partial charge in [0.25, 0.3) is 5.91 Å². The second kappa shape index (κ2) is 8.50. The van der Waals surface area contributed by atoms with Crippen LogP contribution in [0.5, 0.6) is 5.75 Å². The largest absolute Gasteiger partial charge is 0.486 e. The molecule has 142 valence electrons. The van der Waals surface area contributed by atoms with Crippen molar-refractivity contribution in [3.8, 4) is 5.75 Å². The van der Waals surface area contributed by atoms with E-state index in [0.29, 0.717) is 30.9 Å². The number of amides is 1. The molecule has 7 heteroatoms. The van der Waals surface area contributed by atoms with Crippen LogP contribution in [-0.2, 0) is 13.0 Å². The van der Waals surface area contributed by atoms with Crippen LogP contribution in [0.25, 0.3) is 0 Å². The average Bonchev–Trinajstić information content (AvgIpc) is 2.69. The molecule has 27 heavy (non-hydrogen) atoms. The van der Waals surface area contributed by atoms with E-state index in [4.69, 9.17) is 22.1 Å². The van der Waals surface area contributed by atoms with Crippen molar-refractivity contribution in [2.75, 3.05) is 19.7 Å². The summed E-state index contributed by atoms with van der Waals surface area (Å²) in [5.41, 5.74) is 7.82. The van der Waals surface area contributed by atoms with Crippen molar-refractivity contribution in [2.45, 2.75) is 13.0 Å². The van der Waals surface area contributed by atoms with Gasteiger partial charge in [-0.15, -0.1) is 0 Å². The van der Waals surface area contributed by atoms with Crippen LogP contribution in [0.3, 0.4) is 0 Å². The normalized spacial score (nSPS) is 14.1. The number of hydrogen-bond acceptors (Lipinski definition) is 3. The van der Waals surface area contributed by atoms with E-state index >= 15 is 0 Å². The number of ether oxygens (including phenoxy) is 1. The lowest BCUT2D eigenvalue weighted by Crippen LogP contribution is -2.36. The fourth-order valence-electron chi connectivity index (χ4n) is 2.98. The smallest absolute Gasteiger partial charge is 0.254 e. The van der Waals surface area contributed by atoms with Crippen LogP contribution in [0.4, 0.5) is 8.78 Å². The number of hydrogen-bond donors (Lipinski definition) is 1. The highest BCUT2D eigenvalue weighted by Gasteiger charge is 2.23. The van der Waals surface area contributed by atoms with Crippen molar-refractivity contribution in [1.29, 1.82) is 0 Å². The minimum Gasteiger partial charge on any atom is -0.486 e. The third-order valence-corrected chi connectivity index (χ3v) is 4.86. The van der Waals surface area contributed by atoms with Crippen LogP contribution >= 0.6 is 11.6 Å². The van der Waals surface area contributed by atoms with Gasteiger partial charge < -0.3 is 15.4 Å². The van der Waals surface area contributed by atoms with Crippen molar-refractivity contribution < 1.29 is 18.3 Å². The summed E-state index contributed by atoms with van der Waals surface area (Å²) in [7, 11) is 0. The van der Waals surface area contributed by atoms with Gasteiger partial charge in [0.2, 0.25) is 0 Å². The van der Waals surface area contributed by atoms with Crippen LogP contribution in [0.15, 0.2) is 48.3 Å². The molecule has 0 radical (unpaired) electrons. The third-order valence-electron chi connectivity index (χ3n) is 4.50. The van der Waals surface area contributed by atoms with Gasteiger partial charge in [-0.25, -0.2) is 8.78 Å². The average molecular weight is 393 g/mol. The number of rotatable bonds is 5. The first-order valence-electron chi connectivity index (χ1n) is 8.49. The summed E-state index contributed by atoms with van der Waals surface area (Å²) >= 11 is 6.20. The lowest BCUT2D eigenvalue weighted by Gasteiger charge is -2.29. The molecule has 0 spiro atoms. The number of carbonyl (C=O) groups is 1. The highest BCUT2D eigenvalue weighted by atomic mass is 35.5. The molecule has 0 aromatic heterocycles. The molecular formula is C20H19ClF2N2O2. The summed E-state index contributed by atoms with van der Waals surface area (Å²) in [5.74, 6) is -1.01. The molecule has 0 aliphatic carbocycles. The highest BCUT2D eigenvalue weighted by molar-refractivity contribution is 6.31. The van der Waals surface area contributed by atoms with Gasteiger partial charge in [-0.1, -0.05) is 23.7 Å². The fourth-order valence-corrected chi connectivity index (χ4v) is 3.26. The monoisotopic (exact) mass is 392 g/mol. The van der Waals surface area contributed by atoms with Gasteiger partial charge >= 0.3 is 0 Å². The highest BCUT2D eigenvalue weighted by Crippen LogP contribution is 2.27. The molecular weight excluding hydrogens is 374 g/mol. The van der Waals surface area contributed by atoms with Gasteiger partial charge in [-0.2, -0.15) is 0 Å². The van der Waals surface area contributed by atoms with Crippen LogP contribution in [0.2, 0.25) is 5.02 Å². The van der Waals surface area contributed by atoms with Gasteiger partial charge in [0.15, 0.2) is 11.6 Å². The molecule has 0 atom stereocenters. The van der Waals surface area contributed by atoms with E-state index in [9.17, 15) is 13.6 Å². The second-order valence-corrected chi connectivity index (χ2v) is 6.67. The first-order valence-corrected chi connectivity index (χ1v) is 8.87. The summed E-state index contributed by atoms with van der Waals surface area (Å²) < 4.78 is 32.0. The van der Waals surface area contributed by atoms with E-state index in [0.717, 1.165) is 17.2 Å². The minimum atomic E-state index is -0.684. The standard InChI is InChI=1S/C20H19ClF2N2O2/c21-17-3-1-2-15-11-25(7-6-16(15)17)20(26)14-4-5-19(18(23)8-14)27-12-13(9-22)10-24/h1-5,8-9H,6-7,10-12,24H2. The van der Waals surface area contributed by atoms with Crippen molar-refractivity contribution in [2.24, 2.45) is 5.73 Å². The van der Waals surface area contributed by atoms with E-state index in [2.05, 4.69) is 0 Å². The molecule has 1 aliphatic rings. The zero-order valence-electron chi connectivity index (χ0n) is 14.6. The molecule has 2 aromatic carbocycles. The van der Waals surface area contributed by atoms with Crippen molar-refractivity contribution in [3.63, 3.8) is 0 Å². The molecule has 1 aliphatic heterocycles. The van der Waals surface area contributed by atoms with Crippen LogP contribution in [0.1, 0.15) is 21.5 Å². The molecule has 2 N–H and O–H groups in total. The number of halogens is 3. The quantitative estimate of drug-likeness (QED) is 0.840. The SMILES string of the molecule is NCC(=CF)COc1ccc(C(=O)N2CCc3c(Cl)cccc3C2)cc1F. The Morgan fingerprint density at radius 2 is 2.15 bits per heavy atom. The number of carbonyl (C=O) groups excluding carboxylic acids is 1. The van der Waals surface area contributed by atoms with Gasteiger partial charge in [-0.3, -0.25) is 4.79 Å². The van der Waals surface area contributed by atoms with Gasteiger partial charge in [0.1, 0.15) is 6.61 Å². The van der Waals surface area contributed by atoms with E-state index < -0.39 is 5.82 Å².